The van der Waals surface area contributed by atoms with Crippen molar-refractivity contribution in [3.63, 3.8) is 0 Å². The third kappa shape index (κ3) is 3.83. The molecule has 2 amide bonds. The first-order valence-electron chi connectivity index (χ1n) is 7.81. The molecule has 2 aliphatic heterocycles. The van der Waals surface area contributed by atoms with Crippen molar-refractivity contribution in [2.45, 2.75) is 12.5 Å². The van der Waals surface area contributed by atoms with E-state index in [9.17, 15) is 9.59 Å². The average Bonchev–Trinajstić information content (AvgIpc) is 2.62. The van der Waals surface area contributed by atoms with Crippen molar-refractivity contribution in [2.24, 2.45) is 4.99 Å². The number of nitrogens with one attached hydrogen (secondary N) is 2. The van der Waals surface area contributed by atoms with Gasteiger partial charge in [0.25, 0.3) is 0 Å². The molecule has 128 valence electrons. The Kier molecular flexibility index (Phi) is 4.95. The van der Waals surface area contributed by atoms with E-state index in [2.05, 4.69) is 15.6 Å². The molecule has 0 unspecified atom stereocenters. The maximum absolute atomic E-state index is 12.4. The molecule has 1 aromatic carbocycles. The van der Waals surface area contributed by atoms with Crippen LogP contribution in [0, 0.1) is 0 Å². The predicted molar refractivity (Wildman–Crippen MR) is 88.0 cm³/mol. The van der Waals surface area contributed by atoms with Crippen molar-refractivity contribution in [3.8, 4) is 5.75 Å². The summed E-state index contributed by atoms with van der Waals surface area (Å²) < 4.78 is 10.4. The van der Waals surface area contributed by atoms with Crippen LogP contribution in [0.15, 0.2) is 29.3 Å². The Morgan fingerprint density at radius 3 is 2.71 bits per heavy atom. The van der Waals surface area contributed by atoms with E-state index in [-0.39, 0.29) is 18.2 Å². The number of hydrogen-bond acceptors (Lipinski definition) is 6. The largest absolute Gasteiger partial charge is 0.497 e. The van der Waals surface area contributed by atoms with Gasteiger partial charge in [-0.25, -0.2) is 4.99 Å². The van der Waals surface area contributed by atoms with Gasteiger partial charge in [-0.1, -0.05) is 0 Å². The minimum absolute atomic E-state index is 0.0375. The van der Waals surface area contributed by atoms with Crippen LogP contribution in [-0.4, -0.2) is 62.1 Å². The third-order valence-corrected chi connectivity index (χ3v) is 3.88. The van der Waals surface area contributed by atoms with Crippen molar-refractivity contribution < 1.29 is 19.1 Å². The highest BCUT2D eigenvalue weighted by molar-refractivity contribution is 6.05. The SMILES string of the molecule is COc1ccc(NC(=O)[C@@H]2CC(=O)NC(N3CCOCC3)=N2)cc1. The number of amides is 2. The van der Waals surface area contributed by atoms with Gasteiger partial charge in [0.15, 0.2) is 0 Å². The normalized spacial score (nSPS) is 20.9. The molecule has 1 atom stereocenters. The Labute approximate surface area is 139 Å². The summed E-state index contributed by atoms with van der Waals surface area (Å²) >= 11 is 0. The first-order chi connectivity index (χ1) is 11.7. The summed E-state index contributed by atoms with van der Waals surface area (Å²) in [5, 5.41) is 5.52. The summed E-state index contributed by atoms with van der Waals surface area (Å²) in [7, 11) is 1.58. The molecular weight excluding hydrogens is 312 g/mol. The highest BCUT2D eigenvalue weighted by Gasteiger charge is 2.29. The van der Waals surface area contributed by atoms with Gasteiger partial charge in [-0.3, -0.25) is 14.9 Å². The number of nitrogens with zero attached hydrogens (tertiary/aromatic N) is 2. The molecule has 24 heavy (non-hydrogen) atoms. The smallest absolute Gasteiger partial charge is 0.249 e. The van der Waals surface area contributed by atoms with Gasteiger partial charge in [0.05, 0.1) is 26.7 Å². The molecule has 2 heterocycles. The minimum atomic E-state index is -0.737. The number of anilines is 1. The van der Waals surface area contributed by atoms with Crippen LogP contribution in [0.1, 0.15) is 6.42 Å². The predicted octanol–water partition coefficient (Wildman–Crippen LogP) is 0.210. The fraction of sp³-hybridized carbons (Fsp3) is 0.438. The van der Waals surface area contributed by atoms with Gasteiger partial charge in [0, 0.05) is 18.8 Å². The van der Waals surface area contributed by atoms with Gasteiger partial charge in [0.2, 0.25) is 17.8 Å². The number of methoxy groups -OCH3 is 1. The lowest BCUT2D eigenvalue weighted by Crippen LogP contribution is -2.53. The summed E-state index contributed by atoms with van der Waals surface area (Å²) in [6.45, 7) is 2.45. The number of guanidine groups is 1. The zero-order valence-corrected chi connectivity index (χ0v) is 13.4. The zero-order chi connectivity index (χ0) is 16.9. The van der Waals surface area contributed by atoms with Gasteiger partial charge in [-0.2, -0.15) is 0 Å². The molecule has 1 saturated heterocycles. The number of carbonyl (C=O) groups is 2. The lowest BCUT2D eigenvalue weighted by atomic mass is 10.1. The molecular formula is C16H20N4O4. The van der Waals surface area contributed by atoms with Crippen molar-refractivity contribution >= 4 is 23.5 Å². The lowest BCUT2D eigenvalue weighted by Gasteiger charge is -2.32. The second-order valence-corrected chi connectivity index (χ2v) is 5.54. The number of benzene rings is 1. The topological polar surface area (TPSA) is 92.3 Å². The van der Waals surface area contributed by atoms with E-state index in [0.717, 1.165) is 0 Å². The standard InChI is InChI=1S/C16H20N4O4/c1-23-12-4-2-11(3-5-12)17-15(22)13-10-14(21)19-16(18-13)20-6-8-24-9-7-20/h2-5,13H,6-10H2,1H3,(H,17,22)(H,18,19,21)/t13-/m0/s1. The number of ether oxygens (including phenoxy) is 2. The summed E-state index contributed by atoms with van der Waals surface area (Å²) in [4.78, 5) is 30.7. The highest BCUT2D eigenvalue weighted by Crippen LogP contribution is 2.16. The van der Waals surface area contributed by atoms with Gasteiger partial charge in [-0.15, -0.1) is 0 Å². The van der Waals surface area contributed by atoms with E-state index in [0.29, 0.717) is 43.7 Å². The first-order valence-corrected chi connectivity index (χ1v) is 7.81. The molecule has 0 radical (unpaired) electrons. The van der Waals surface area contributed by atoms with Crippen molar-refractivity contribution in [3.05, 3.63) is 24.3 Å². The van der Waals surface area contributed by atoms with Crippen LogP contribution in [-0.2, 0) is 14.3 Å². The van der Waals surface area contributed by atoms with Crippen LogP contribution < -0.4 is 15.4 Å². The van der Waals surface area contributed by atoms with Crippen molar-refractivity contribution in [2.75, 3.05) is 38.7 Å². The van der Waals surface area contributed by atoms with E-state index >= 15 is 0 Å². The van der Waals surface area contributed by atoms with Gasteiger partial charge >= 0.3 is 0 Å². The van der Waals surface area contributed by atoms with Crippen LogP contribution in [0.5, 0.6) is 5.75 Å². The Balaban J connectivity index is 1.69. The maximum Gasteiger partial charge on any atom is 0.249 e. The van der Waals surface area contributed by atoms with E-state index in [1.165, 1.54) is 0 Å². The van der Waals surface area contributed by atoms with Crippen LogP contribution in [0.4, 0.5) is 5.69 Å². The number of hydrogen-bond donors (Lipinski definition) is 2. The molecule has 0 saturated carbocycles. The molecule has 1 fully saturated rings. The van der Waals surface area contributed by atoms with E-state index in [1.807, 2.05) is 4.90 Å². The molecule has 8 heteroatoms. The number of carbonyl (C=O) groups excluding carboxylic acids is 2. The van der Waals surface area contributed by atoms with Crippen molar-refractivity contribution in [1.82, 2.24) is 10.2 Å². The number of morpholine rings is 1. The minimum Gasteiger partial charge on any atom is -0.497 e. The summed E-state index contributed by atoms with van der Waals surface area (Å²) in [5.74, 6) is 0.643. The molecule has 0 bridgehead atoms. The Bertz CT molecular complexity index is 638. The molecule has 1 aromatic rings. The molecule has 2 N–H and O–H groups in total. The molecule has 0 aromatic heterocycles. The van der Waals surface area contributed by atoms with E-state index in [1.54, 1.807) is 31.4 Å². The molecule has 0 spiro atoms. The van der Waals surface area contributed by atoms with Crippen LogP contribution >= 0.6 is 0 Å². The van der Waals surface area contributed by atoms with Crippen LogP contribution in [0.25, 0.3) is 0 Å². The van der Waals surface area contributed by atoms with Gasteiger partial charge < -0.3 is 19.7 Å². The summed E-state index contributed by atoms with van der Waals surface area (Å²) in [5.41, 5.74) is 0.634. The molecule has 3 rings (SSSR count). The summed E-state index contributed by atoms with van der Waals surface area (Å²) in [6, 6.07) is 6.26. The fourth-order valence-electron chi connectivity index (χ4n) is 2.56. The van der Waals surface area contributed by atoms with Gasteiger partial charge in [0.1, 0.15) is 11.8 Å². The van der Waals surface area contributed by atoms with Crippen LogP contribution in [0.3, 0.4) is 0 Å². The average molecular weight is 332 g/mol. The molecule has 8 nitrogen and oxygen atoms in total. The van der Waals surface area contributed by atoms with E-state index in [4.69, 9.17) is 9.47 Å². The quantitative estimate of drug-likeness (QED) is 0.825. The molecule has 0 aliphatic carbocycles. The van der Waals surface area contributed by atoms with E-state index < -0.39 is 6.04 Å². The second kappa shape index (κ2) is 7.31. The fourth-order valence-corrected chi connectivity index (χ4v) is 2.56. The first kappa shape index (κ1) is 16.3. The highest BCUT2D eigenvalue weighted by atomic mass is 16.5. The maximum atomic E-state index is 12.4. The van der Waals surface area contributed by atoms with Gasteiger partial charge in [-0.05, 0) is 24.3 Å². The van der Waals surface area contributed by atoms with Crippen molar-refractivity contribution in [1.29, 1.82) is 0 Å². The Hall–Kier alpha value is -2.61. The summed E-state index contributed by atoms with van der Waals surface area (Å²) in [6.07, 6.45) is 0.0375. The number of rotatable bonds is 3. The second-order valence-electron chi connectivity index (χ2n) is 5.54. The monoisotopic (exact) mass is 332 g/mol. The lowest BCUT2D eigenvalue weighted by molar-refractivity contribution is -0.125. The molecule has 2 aliphatic rings. The van der Waals surface area contributed by atoms with Crippen LogP contribution in [0.2, 0.25) is 0 Å². The zero-order valence-electron chi connectivity index (χ0n) is 13.4. The third-order valence-electron chi connectivity index (χ3n) is 3.88. The number of aliphatic imine (C=N–C) groups is 1. The Morgan fingerprint density at radius 1 is 1.33 bits per heavy atom. The Morgan fingerprint density at radius 2 is 2.04 bits per heavy atom.